The summed E-state index contributed by atoms with van der Waals surface area (Å²) in [5, 5.41) is 0. The second-order valence-electron chi connectivity index (χ2n) is 5.14. The van der Waals surface area contributed by atoms with Crippen molar-refractivity contribution in [3.05, 3.63) is 71.8 Å². The second kappa shape index (κ2) is 7.33. The lowest BCUT2D eigenvalue weighted by Gasteiger charge is -2.18. The van der Waals surface area contributed by atoms with Crippen molar-refractivity contribution in [3.8, 4) is 17.6 Å². The fraction of sp³-hybridized carbons (Fsp3) is 0.150. The summed E-state index contributed by atoms with van der Waals surface area (Å²) in [6, 6.07) is 15.1. The van der Waals surface area contributed by atoms with Crippen LogP contribution in [0.25, 0.3) is 0 Å². The molecule has 0 fully saturated rings. The standard InChI is InChI=1S/C20H19NO2/c1-15(2)20(22)21(3)19-8-6-5-7-17(19)12-9-16-10-13-18(23-4)14-11-16/h5-8,10-11,13-14H,1H2,2-4H3. The van der Waals surface area contributed by atoms with E-state index in [4.69, 9.17) is 4.74 Å². The van der Waals surface area contributed by atoms with Gasteiger partial charge in [0.05, 0.1) is 12.8 Å². The van der Waals surface area contributed by atoms with Crippen LogP contribution in [0.4, 0.5) is 5.69 Å². The molecule has 0 spiro atoms. The molecule has 2 aromatic rings. The number of rotatable bonds is 3. The number of ether oxygens (including phenoxy) is 1. The third-order valence-electron chi connectivity index (χ3n) is 3.37. The van der Waals surface area contributed by atoms with Gasteiger partial charge < -0.3 is 9.64 Å². The lowest BCUT2D eigenvalue weighted by molar-refractivity contribution is -0.114. The topological polar surface area (TPSA) is 29.5 Å². The number of hydrogen-bond acceptors (Lipinski definition) is 2. The van der Waals surface area contributed by atoms with Gasteiger partial charge in [-0.05, 0) is 43.3 Å². The van der Waals surface area contributed by atoms with E-state index in [2.05, 4.69) is 18.4 Å². The van der Waals surface area contributed by atoms with E-state index in [0.29, 0.717) is 5.57 Å². The van der Waals surface area contributed by atoms with Crippen LogP contribution in [-0.2, 0) is 4.79 Å². The number of carbonyl (C=O) groups excluding carboxylic acids is 1. The zero-order valence-corrected chi connectivity index (χ0v) is 13.6. The minimum Gasteiger partial charge on any atom is -0.497 e. The number of para-hydroxylation sites is 1. The molecule has 1 amide bonds. The highest BCUT2D eigenvalue weighted by molar-refractivity contribution is 6.05. The zero-order valence-electron chi connectivity index (χ0n) is 13.6. The van der Waals surface area contributed by atoms with Crippen LogP contribution in [0.5, 0.6) is 5.75 Å². The predicted octanol–water partition coefficient (Wildman–Crippen LogP) is 3.63. The second-order valence-corrected chi connectivity index (χ2v) is 5.14. The molecule has 0 bridgehead atoms. The Balaban J connectivity index is 2.32. The van der Waals surface area contributed by atoms with Crippen LogP contribution in [0.1, 0.15) is 18.1 Å². The summed E-state index contributed by atoms with van der Waals surface area (Å²) < 4.78 is 5.13. The number of benzene rings is 2. The maximum absolute atomic E-state index is 12.1. The van der Waals surface area contributed by atoms with Gasteiger partial charge in [-0.15, -0.1) is 0 Å². The number of anilines is 1. The quantitative estimate of drug-likeness (QED) is 0.640. The first-order valence-electron chi connectivity index (χ1n) is 7.21. The van der Waals surface area contributed by atoms with Crippen molar-refractivity contribution >= 4 is 11.6 Å². The molecule has 0 atom stereocenters. The third-order valence-corrected chi connectivity index (χ3v) is 3.37. The highest BCUT2D eigenvalue weighted by Gasteiger charge is 2.13. The van der Waals surface area contributed by atoms with Gasteiger partial charge in [0.25, 0.3) is 5.91 Å². The first-order chi connectivity index (χ1) is 11.0. The van der Waals surface area contributed by atoms with Gasteiger partial charge in [0.1, 0.15) is 5.75 Å². The van der Waals surface area contributed by atoms with Gasteiger partial charge in [-0.1, -0.05) is 30.6 Å². The Morgan fingerprint density at radius 2 is 1.74 bits per heavy atom. The third kappa shape index (κ3) is 4.02. The average molecular weight is 305 g/mol. The monoisotopic (exact) mass is 305 g/mol. The van der Waals surface area contributed by atoms with Crippen LogP contribution in [0.15, 0.2) is 60.7 Å². The molecule has 116 valence electrons. The molecule has 23 heavy (non-hydrogen) atoms. The number of likely N-dealkylation sites (N-methyl/N-ethyl adjacent to an activating group) is 1. The highest BCUT2D eigenvalue weighted by atomic mass is 16.5. The lowest BCUT2D eigenvalue weighted by Crippen LogP contribution is -2.27. The van der Waals surface area contributed by atoms with Crippen LogP contribution in [-0.4, -0.2) is 20.1 Å². The predicted molar refractivity (Wildman–Crippen MR) is 93.6 cm³/mol. The van der Waals surface area contributed by atoms with Crippen molar-refractivity contribution in [2.75, 3.05) is 19.1 Å². The van der Waals surface area contributed by atoms with Crippen molar-refractivity contribution < 1.29 is 9.53 Å². The van der Waals surface area contributed by atoms with Crippen LogP contribution in [0.3, 0.4) is 0 Å². The molecule has 2 rings (SSSR count). The van der Waals surface area contributed by atoms with E-state index in [-0.39, 0.29) is 5.91 Å². The fourth-order valence-electron chi connectivity index (χ4n) is 2.08. The molecule has 0 saturated carbocycles. The minimum atomic E-state index is -0.122. The molecule has 0 N–H and O–H groups in total. The first kappa shape index (κ1) is 16.4. The number of methoxy groups -OCH3 is 1. The van der Waals surface area contributed by atoms with E-state index < -0.39 is 0 Å². The van der Waals surface area contributed by atoms with Gasteiger partial charge in [0.15, 0.2) is 0 Å². The van der Waals surface area contributed by atoms with Gasteiger partial charge >= 0.3 is 0 Å². The van der Waals surface area contributed by atoms with Gasteiger partial charge in [-0.2, -0.15) is 0 Å². The van der Waals surface area contributed by atoms with Crippen LogP contribution >= 0.6 is 0 Å². The Morgan fingerprint density at radius 1 is 1.09 bits per heavy atom. The SMILES string of the molecule is C=C(C)C(=O)N(C)c1ccccc1C#Cc1ccc(OC)cc1. The van der Waals surface area contributed by atoms with Crippen LogP contribution < -0.4 is 9.64 Å². The van der Waals surface area contributed by atoms with Crippen molar-refractivity contribution in [1.29, 1.82) is 0 Å². The molecular formula is C20H19NO2. The normalized spacial score (nSPS) is 9.52. The molecule has 3 heteroatoms. The largest absolute Gasteiger partial charge is 0.497 e. The van der Waals surface area contributed by atoms with E-state index in [0.717, 1.165) is 22.6 Å². The molecule has 2 aromatic carbocycles. The molecule has 0 unspecified atom stereocenters. The Morgan fingerprint density at radius 3 is 2.35 bits per heavy atom. The molecular weight excluding hydrogens is 286 g/mol. The highest BCUT2D eigenvalue weighted by Crippen LogP contribution is 2.20. The summed E-state index contributed by atoms with van der Waals surface area (Å²) in [6.45, 7) is 5.40. The number of carbonyl (C=O) groups is 1. The average Bonchev–Trinajstić information content (AvgIpc) is 2.59. The van der Waals surface area contributed by atoms with E-state index in [1.165, 1.54) is 0 Å². The Bertz CT molecular complexity index is 779. The molecule has 0 aromatic heterocycles. The van der Waals surface area contributed by atoms with Crippen molar-refractivity contribution in [1.82, 2.24) is 0 Å². The summed E-state index contributed by atoms with van der Waals surface area (Å²) in [4.78, 5) is 13.7. The van der Waals surface area contributed by atoms with Gasteiger partial charge in [-0.25, -0.2) is 0 Å². The molecule has 0 aliphatic carbocycles. The summed E-state index contributed by atoms with van der Waals surface area (Å²) in [5.74, 6) is 6.91. The number of nitrogens with zero attached hydrogens (tertiary/aromatic N) is 1. The molecule has 0 saturated heterocycles. The van der Waals surface area contributed by atoms with E-state index in [9.17, 15) is 4.79 Å². The lowest BCUT2D eigenvalue weighted by atomic mass is 10.1. The maximum atomic E-state index is 12.1. The summed E-state index contributed by atoms with van der Waals surface area (Å²) in [5.41, 5.74) is 2.93. The Labute approximate surface area is 137 Å². The van der Waals surface area contributed by atoms with Gasteiger partial charge in [-0.3, -0.25) is 4.79 Å². The summed E-state index contributed by atoms with van der Waals surface area (Å²) >= 11 is 0. The number of amides is 1. The van der Waals surface area contributed by atoms with Gasteiger partial charge in [0.2, 0.25) is 0 Å². The van der Waals surface area contributed by atoms with E-state index in [1.54, 1.807) is 26.0 Å². The van der Waals surface area contributed by atoms with Gasteiger partial charge in [0, 0.05) is 23.7 Å². The van der Waals surface area contributed by atoms with E-state index >= 15 is 0 Å². The Hall–Kier alpha value is -2.99. The number of hydrogen-bond donors (Lipinski definition) is 0. The Kier molecular flexibility index (Phi) is 5.22. The maximum Gasteiger partial charge on any atom is 0.253 e. The molecule has 0 aliphatic heterocycles. The molecule has 3 nitrogen and oxygen atoms in total. The van der Waals surface area contributed by atoms with Crippen molar-refractivity contribution in [3.63, 3.8) is 0 Å². The van der Waals surface area contributed by atoms with E-state index in [1.807, 2.05) is 48.5 Å². The zero-order chi connectivity index (χ0) is 16.8. The minimum absolute atomic E-state index is 0.122. The van der Waals surface area contributed by atoms with Crippen LogP contribution in [0.2, 0.25) is 0 Å². The molecule has 0 radical (unpaired) electrons. The molecule has 0 aliphatic rings. The smallest absolute Gasteiger partial charge is 0.253 e. The van der Waals surface area contributed by atoms with Crippen molar-refractivity contribution in [2.24, 2.45) is 0 Å². The first-order valence-corrected chi connectivity index (χ1v) is 7.21. The fourth-order valence-corrected chi connectivity index (χ4v) is 2.08. The van der Waals surface area contributed by atoms with Crippen LogP contribution in [0, 0.1) is 11.8 Å². The summed E-state index contributed by atoms with van der Waals surface area (Å²) in [7, 11) is 3.36. The summed E-state index contributed by atoms with van der Waals surface area (Å²) in [6.07, 6.45) is 0. The molecule has 0 heterocycles. The van der Waals surface area contributed by atoms with Crippen molar-refractivity contribution in [2.45, 2.75) is 6.92 Å².